The summed E-state index contributed by atoms with van der Waals surface area (Å²) in [5, 5.41) is 4.77. The molecule has 0 N–H and O–H groups in total. The van der Waals surface area contributed by atoms with E-state index in [0.29, 0.717) is 29.0 Å². The number of oxime groups is 1. The Kier molecular flexibility index (Phi) is 6.92. The van der Waals surface area contributed by atoms with Gasteiger partial charge in [0.05, 0.1) is 0 Å². The molecule has 0 amide bonds. The maximum atomic E-state index is 12.3. The summed E-state index contributed by atoms with van der Waals surface area (Å²) in [5.41, 5.74) is 0.860. The largest absolute Gasteiger partial charge is 0.481 e. The fourth-order valence-electron chi connectivity index (χ4n) is 3.64. The topological polar surface area (TPSA) is 131 Å². The van der Waals surface area contributed by atoms with Crippen molar-refractivity contribution in [2.75, 3.05) is 0 Å². The van der Waals surface area contributed by atoms with Gasteiger partial charge in [0.1, 0.15) is 22.6 Å². The van der Waals surface area contributed by atoms with Crippen LogP contribution >= 0.6 is 0 Å². The Labute approximate surface area is 211 Å². The lowest BCUT2D eigenvalue weighted by Crippen LogP contribution is -2.43. The van der Waals surface area contributed by atoms with Gasteiger partial charge < -0.3 is 23.5 Å². The van der Waals surface area contributed by atoms with Gasteiger partial charge in [-0.2, -0.15) is 0 Å². The molecule has 0 aliphatic carbocycles. The Morgan fingerprint density at radius 3 is 2.43 bits per heavy atom. The monoisotopic (exact) mass is 505 g/mol. The highest BCUT2D eigenvalue weighted by Gasteiger charge is 2.34. The molecule has 1 aliphatic rings. The molecule has 0 saturated heterocycles. The van der Waals surface area contributed by atoms with Crippen LogP contribution in [0.4, 0.5) is 0 Å². The number of hydrogen-bond donors (Lipinski definition) is 0. The molecule has 0 saturated carbocycles. The molecule has 0 spiro atoms. The highest BCUT2D eigenvalue weighted by molar-refractivity contribution is 5.97. The molecular formula is C27H23NO9. The lowest BCUT2D eigenvalue weighted by atomic mass is 9.91. The van der Waals surface area contributed by atoms with Gasteiger partial charge in [-0.25, -0.2) is 9.59 Å². The summed E-state index contributed by atoms with van der Waals surface area (Å²) in [5.74, 6) is -1.25. The van der Waals surface area contributed by atoms with E-state index in [9.17, 15) is 19.2 Å². The minimum atomic E-state index is -0.884. The van der Waals surface area contributed by atoms with Crippen molar-refractivity contribution in [2.24, 2.45) is 5.16 Å². The number of esters is 2. The SMILES string of the molecule is CC(=O)Oc1ccc(/C=C/C(=O)O/N=C2\Cc3cc4ccc(=O)oc4cc3OC2(C)C)cc1OC(C)=O. The standard InChI is InChI=1S/C27H23NO9/c1-15(29)33-20-8-5-17(11-23(20)34-16(2)30)6-9-26(32)37-28-24-13-19-12-18-7-10-25(31)35-21(18)14-22(19)36-27(24,3)4/h5-12,14H,13H2,1-4H3/b9-6+,28-24+. The first-order valence-electron chi connectivity index (χ1n) is 11.2. The molecule has 0 atom stereocenters. The van der Waals surface area contributed by atoms with Crippen LogP contribution in [0.2, 0.25) is 0 Å². The molecular weight excluding hydrogens is 482 g/mol. The molecule has 190 valence electrons. The Morgan fingerprint density at radius 1 is 0.973 bits per heavy atom. The number of ether oxygens (including phenoxy) is 3. The summed E-state index contributed by atoms with van der Waals surface area (Å²) < 4.78 is 21.4. The molecule has 0 fully saturated rings. The van der Waals surface area contributed by atoms with Crippen LogP contribution in [0.5, 0.6) is 17.2 Å². The predicted molar refractivity (Wildman–Crippen MR) is 133 cm³/mol. The minimum absolute atomic E-state index is 0.0324. The quantitative estimate of drug-likeness (QED) is 0.126. The van der Waals surface area contributed by atoms with Gasteiger partial charge in [0.15, 0.2) is 11.5 Å². The lowest BCUT2D eigenvalue weighted by Gasteiger charge is -2.33. The predicted octanol–water partition coefficient (Wildman–Crippen LogP) is 3.97. The Balaban J connectivity index is 1.50. The molecule has 10 heteroatoms. The van der Waals surface area contributed by atoms with Crippen molar-refractivity contribution in [1.82, 2.24) is 0 Å². The summed E-state index contributed by atoms with van der Waals surface area (Å²) in [6.45, 7) is 6.00. The molecule has 0 unspecified atom stereocenters. The van der Waals surface area contributed by atoms with Gasteiger partial charge in [0.2, 0.25) is 0 Å². The van der Waals surface area contributed by atoms with Gasteiger partial charge in [0, 0.05) is 49.4 Å². The molecule has 2 heterocycles. The second-order valence-electron chi connectivity index (χ2n) is 8.72. The zero-order valence-electron chi connectivity index (χ0n) is 20.5. The van der Waals surface area contributed by atoms with Gasteiger partial charge in [-0.15, -0.1) is 0 Å². The number of benzene rings is 2. The average Bonchev–Trinajstić information content (AvgIpc) is 2.80. The van der Waals surface area contributed by atoms with E-state index in [2.05, 4.69) is 5.16 Å². The van der Waals surface area contributed by atoms with Crippen LogP contribution in [0, 0.1) is 0 Å². The second-order valence-corrected chi connectivity index (χ2v) is 8.72. The van der Waals surface area contributed by atoms with E-state index < -0.39 is 29.1 Å². The van der Waals surface area contributed by atoms with Gasteiger partial charge in [-0.1, -0.05) is 11.2 Å². The van der Waals surface area contributed by atoms with E-state index in [0.717, 1.165) is 17.0 Å². The van der Waals surface area contributed by atoms with E-state index in [-0.39, 0.29) is 11.5 Å². The highest BCUT2D eigenvalue weighted by atomic mass is 16.7. The van der Waals surface area contributed by atoms with Crippen molar-refractivity contribution in [3.05, 3.63) is 70.1 Å². The number of hydrogen-bond acceptors (Lipinski definition) is 10. The zero-order chi connectivity index (χ0) is 26.7. The first-order valence-corrected chi connectivity index (χ1v) is 11.2. The van der Waals surface area contributed by atoms with E-state index in [1.165, 1.54) is 38.1 Å². The van der Waals surface area contributed by atoms with Crippen molar-refractivity contribution >= 4 is 40.7 Å². The molecule has 4 rings (SSSR count). The molecule has 1 aliphatic heterocycles. The van der Waals surface area contributed by atoms with Crippen LogP contribution in [0.25, 0.3) is 17.0 Å². The van der Waals surface area contributed by atoms with Crippen LogP contribution in [0.3, 0.4) is 0 Å². The van der Waals surface area contributed by atoms with Crippen LogP contribution in [0.1, 0.15) is 38.8 Å². The maximum absolute atomic E-state index is 12.3. The van der Waals surface area contributed by atoms with E-state index in [1.54, 1.807) is 32.0 Å². The zero-order valence-corrected chi connectivity index (χ0v) is 20.5. The van der Waals surface area contributed by atoms with Crippen molar-refractivity contribution in [3.8, 4) is 17.2 Å². The average molecular weight is 505 g/mol. The van der Waals surface area contributed by atoms with Crippen LogP contribution < -0.4 is 19.8 Å². The number of rotatable bonds is 5. The normalized spacial score (nSPS) is 15.2. The first-order chi connectivity index (χ1) is 17.5. The maximum Gasteiger partial charge on any atom is 0.358 e. The van der Waals surface area contributed by atoms with E-state index in [4.69, 9.17) is 23.5 Å². The second kappa shape index (κ2) is 10.1. The third-order valence-corrected chi connectivity index (χ3v) is 5.35. The third-order valence-electron chi connectivity index (χ3n) is 5.35. The summed E-state index contributed by atoms with van der Waals surface area (Å²) in [6.07, 6.45) is 2.95. The summed E-state index contributed by atoms with van der Waals surface area (Å²) in [7, 11) is 0. The Hall–Kier alpha value is -4.73. The molecule has 0 radical (unpaired) electrons. The smallest absolute Gasteiger partial charge is 0.358 e. The van der Waals surface area contributed by atoms with Crippen molar-refractivity contribution in [1.29, 1.82) is 0 Å². The van der Waals surface area contributed by atoms with Gasteiger partial charge in [0.25, 0.3) is 0 Å². The van der Waals surface area contributed by atoms with E-state index in [1.807, 2.05) is 6.07 Å². The highest BCUT2D eigenvalue weighted by Crippen LogP contribution is 2.35. The lowest BCUT2D eigenvalue weighted by molar-refractivity contribution is -0.138. The molecule has 1 aromatic heterocycles. The van der Waals surface area contributed by atoms with Crippen LogP contribution in [-0.4, -0.2) is 29.2 Å². The van der Waals surface area contributed by atoms with Crippen molar-refractivity contribution < 1.29 is 37.8 Å². The van der Waals surface area contributed by atoms with Crippen molar-refractivity contribution in [2.45, 2.75) is 39.7 Å². The molecule has 2 aromatic carbocycles. The fraction of sp³-hybridized carbons (Fsp3) is 0.222. The van der Waals surface area contributed by atoms with Crippen LogP contribution in [0.15, 0.2) is 62.9 Å². The van der Waals surface area contributed by atoms with Crippen LogP contribution in [-0.2, 0) is 25.6 Å². The van der Waals surface area contributed by atoms with Gasteiger partial charge >= 0.3 is 23.5 Å². The number of fused-ring (bicyclic) bond motifs is 2. The molecule has 37 heavy (non-hydrogen) atoms. The van der Waals surface area contributed by atoms with Crippen molar-refractivity contribution in [3.63, 3.8) is 0 Å². The summed E-state index contributed by atoms with van der Waals surface area (Å²) in [6, 6.07) is 11.0. The Bertz CT molecular complexity index is 1530. The van der Waals surface area contributed by atoms with E-state index >= 15 is 0 Å². The number of carbonyl (C=O) groups excluding carboxylic acids is 3. The Morgan fingerprint density at radius 2 is 1.70 bits per heavy atom. The first kappa shape index (κ1) is 25.4. The summed E-state index contributed by atoms with van der Waals surface area (Å²) >= 11 is 0. The summed E-state index contributed by atoms with van der Waals surface area (Å²) in [4.78, 5) is 51.6. The van der Waals surface area contributed by atoms with Gasteiger partial charge in [-0.3, -0.25) is 9.59 Å². The molecule has 0 bridgehead atoms. The molecule has 3 aromatic rings. The molecule has 10 nitrogen and oxygen atoms in total. The minimum Gasteiger partial charge on any atom is -0.481 e. The fourth-order valence-corrected chi connectivity index (χ4v) is 3.64. The van der Waals surface area contributed by atoms with Gasteiger partial charge in [-0.05, 0) is 49.8 Å². The number of nitrogens with zero attached hydrogens (tertiary/aromatic N) is 1. The number of carbonyl (C=O) groups is 3. The third kappa shape index (κ3) is 6.10.